The molecule has 36 heteroatoms. The van der Waals surface area contributed by atoms with Crippen molar-refractivity contribution in [2.24, 2.45) is 21.7 Å². The first-order valence-corrected chi connectivity index (χ1v) is 29.2. The number of carboxylic acid groups (broad SMARTS) is 4. The molecule has 86 heavy (non-hydrogen) atoms. The SMILES string of the molecule is CC(C)(C)OC(=O)N[C@@H](CCCCCC(=O)CBr)C(=O)O.CC(C)(C)OC(=O)N[C@@H](CCCCCC(=O)CN=[N+]=[N-])C(=O)O.CC(C)(C)OC(=O)N[C@@H](CCCCN)C(=O)O.O=C(Cl)CBr.[N-]=[N+]=NCC(=O)CCCCC[C@H](N)C(=O)O.[N-]=[N+]=[N-].[Na+]. The van der Waals surface area contributed by atoms with Crippen LogP contribution in [0.2, 0.25) is 0 Å². The number of carbonyl (C=O) groups excluding carboxylic acids is 7. The van der Waals surface area contributed by atoms with Gasteiger partial charge in [-0.05, 0) is 149 Å². The second-order valence-corrected chi connectivity index (χ2v) is 22.3. The van der Waals surface area contributed by atoms with Crippen LogP contribution in [0.25, 0.3) is 36.9 Å². The van der Waals surface area contributed by atoms with Gasteiger partial charge in [-0.25, -0.2) is 28.8 Å². The minimum absolute atomic E-state index is 0. The normalized spacial score (nSPS) is 11.5. The average molecular weight is 1390 g/mol. The molecule has 0 aromatic heterocycles. The van der Waals surface area contributed by atoms with Crippen molar-refractivity contribution in [1.82, 2.24) is 16.0 Å². The summed E-state index contributed by atoms with van der Waals surface area (Å²) >= 11 is 10.7. The number of hydrogen-bond donors (Lipinski definition) is 9. The van der Waals surface area contributed by atoms with E-state index in [1.54, 1.807) is 62.3 Å². The van der Waals surface area contributed by atoms with Gasteiger partial charge in [-0.1, -0.05) is 80.6 Å². The number of ketones is 3. The van der Waals surface area contributed by atoms with Gasteiger partial charge in [0.05, 0.1) is 23.7 Å². The maximum absolute atomic E-state index is 11.6. The van der Waals surface area contributed by atoms with E-state index >= 15 is 0 Å². The van der Waals surface area contributed by atoms with E-state index in [-0.39, 0.29) is 83.4 Å². The minimum atomic E-state index is -1.13. The van der Waals surface area contributed by atoms with E-state index in [2.05, 4.69) is 67.9 Å². The number of aliphatic carboxylic acids is 4. The number of hydrogen-bond acceptors (Lipinski definition) is 18. The Morgan fingerprint density at radius 2 is 0.756 bits per heavy atom. The molecule has 0 heterocycles. The van der Waals surface area contributed by atoms with E-state index in [0.717, 1.165) is 25.7 Å². The fraction of sp³-hybridized carbons (Fsp3) is 0.780. The Kier molecular flexibility index (Phi) is 64.0. The predicted octanol–water partition coefficient (Wildman–Crippen LogP) is 7.01. The number of azide groups is 2. The molecule has 0 aliphatic rings. The first-order valence-electron chi connectivity index (χ1n) is 26.5. The zero-order valence-electron chi connectivity index (χ0n) is 50.9. The number of alkyl halides is 2. The van der Waals surface area contributed by atoms with Crippen molar-refractivity contribution in [2.75, 3.05) is 30.3 Å². The molecular weight excluding hydrogens is 1300 g/mol. The quantitative estimate of drug-likeness (QED) is 0.00450. The number of nitrogens with two attached hydrogens (primary N) is 2. The molecule has 3 amide bonds. The fourth-order valence-electron chi connectivity index (χ4n) is 5.74. The molecule has 32 nitrogen and oxygen atoms in total. The van der Waals surface area contributed by atoms with E-state index in [0.29, 0.717) is 88.9 Å². The van der Waals surface area contributed by atoms with Crippen molar-refractivity contribution in [3.05, 3.63) is 36.9 Å². The van der Waals surface area contributed by atoms with Gasteiger partial charge in [-0.2, -0.15) is 0 Å². The van der Waals surface area contributed by atoms with E-state index in [4.69, 9.17) is 79.8 Å². The van der Waals surface area contributed by atoms with E-state index in [1.165, 1.54) is 4.91 Å². The van der Waals surface area contributed by atoms with Crippen LogP contribution in [0, 0.1) is 0 Å². The molecule has 0 bridgehead atoms. The summed E-state index contributed by atoms with van der Waals surface area (Å²) in [5.74, 6) is -4.39. The Hall–Kier alpha value is -5.53. The van der Waals surface area contributed by atoms with Gasteiger partial charge in [-0.15, -0.1) is 0 Å². The summed E-state index contributed by atoms with van der Waals surface area (Å²) < 4.78 is 15.0. The number of unbranched alkanes of at least 4 members (excludes halogenated alkanes) is 7. The van der Waals surface area contributed by atoms with Gasteiger partial charge in [0.25, 0.3) is 0 Å². The fourth-order valence-corrected chi connectivity index (χ4v) is 6.02. The molecule has 0 radical (unpaired) electrons. The second kappa shape index (κ2) is 58.5. The van der Waals surface area contributed by atoms with Gasteiger partial charge < -0.3 is 73.1 Å². The van der Waals surface area contributed by atoms with Gasteiger partial charge in [0, 0.05) is 29.1 Å². The molecule has 0 unspecified atom stereocenters. The standard InChI is InChI=1S/C14H24BrNO5.C14H24N4O5.C11H22N2O4.C9H16N4O3.C2H2BrClO.N3.Na/c1-14(2,3)21-13(20)16-11(12(18)19)8-6-4-5-7-10(17)9-15;1-14(2,3)23-13(22)17-11(12(20)21)8-6-4-5-7-10(19)9-16-18-15;1-11(2,3)17-10(16)13-8(9(14)15)6-4-5-7-12;10-8(9(15)16)5-3-1-2-4-7(14)6-12-13-11;3-1-2(4)5;1-3-2;/h11H,4-9H2,1-3H3,(H,16,20)(H,18,19);11H,4-9H2,1-3H3,(H,17,22)(H,20,21);8H,4-7,12H2,1-3H3,(H,13,16)(H,14,15);8H,1-6,10H2,(H,15,16);1H2;;/q;;;;;-1;+1/t2*11-;2*8-;;;/m0000.../s1. The Bertz CT molecular complexity index is 2150. The summed E-state index contributed by atoms with van der Waals surface area (Å²) in [5, 5.41) is 49.1. The van der Waals surface area contributed by atoms with Crippen LogP contribution in [0.15, 0.2) is 10.2 Å². The van der Waals surface area contributed by atoms with Crippen LogP contribution in [0.3, 0.4) is 0 Å². The van der Waals surface area contributed by atoms with Crippen LogP contribution >= 0.6 is 43.5 Å². The molecule has 0 saturated heterocycles. The summed E-state index contributed by atoms with van der Waals surface area (Å²) in [6.07, 6.45) is 7.63. The summed E-state index contributed by atoms with van der Waals surface area (Å²) in [5.41, 5.74) is 38.2. The third-order valence-corrected chi connectivity index (χ3v) is 11.1. The topological polar surface area (TPSA) is 541 Å². The first-order chi connectivity index (χ1) is 39.3. The molecule has 0 fully saturated rings. The number of halogens is 3. The van der Waals surface area contributed by atoms with Gasteiger partial charge in [0.2, 0.25) is 5.24 Å². The van der Waals surface area contributed by atoms with Crippen LogP contribution in [-0.2, 0) is 52.6 Å². The molecule has 0 aliphatic heterocycles. The van der Waals surface area contributed by atoms with Crippen molar-refractivity contribution in [3.63, 3.8) is 0 Å². The molecular formula is C50H88Br2ClN14NaO18. The minimum Gasteiger partial charge on any atom is -0.480 e. The average Bonchev–Trinajstić information content (AvgIpc) is 3.54. The van der Waals surface area contributed by atoms with Gasteiger partial charge >= 0.3 is 71.7 Å². The smallest absolute Gasteiger partial charge is 0.480 e. The Balaban J connectivity index is -0.000000186. The number of rotatable bonds is 35. The number of carbonyl (C=O) groups is 11. The van der Waals surface area contributed by atoms with Crippen molar-refractivity contribution >= 4 is 108 Å². The second-order valence-electron chi connectivity index (χ2n) is 20.7. The van der Waals surface area contributed by atoms with Gasteiger partial charge in [0.1, 0.15) is 58.3 Å². The molecule has 0 spiro atoms. The number of nitrogens with zero attached hydrogens (tertiary/aromatic N) is 9. The van der Waals surface area contributed by atoms with Crippen LogP contribution in [-0.4, -0.2) is 156 Å². The Morgan fingerprint density at radius 1 is 0.488 bits per heavy atom. The molecule has 0 aromatic rings. The number of Topliss-reactive ketones (excluding diaryl/α,β-unsaturated/α-hetero) is 3. The summed E-state index contributed by atoms with van der Waals surface area (Å²) in [4.78, 5) is 127. The molecule has 4 atom stereocenters. The molecule has 11 N–H and O–H groups in total. The van der Waals surface area contributed by atoms with E-state index in [1.807, 2.05) is 0 Å². The van der Waals surface area contributed by atoms with Crippen LogP contribution in [0.1, 0.15) is 178 Å². The van der Waals surface area contributed by atoms with Gasteiger partial charge in [-0.3, -0.25) is 28.9 Å². The number of alkyl carbamates (subject to hydrolysis) is 3. The maximum Gasteiger partial charge on any atom is 1.00 e. The Labute approximate surface area is 545 Å². The zero-order valence-corrected chi connectivity index (χ0v) is 56.8. The van der Waals surface area contributed by atoms with Gasteiger partial charge in [0.15, 0.2) is 0 Å². The monoisotopic (exact) mass is 1390 g/mol. The predicted molar refractivity (Wildman–Crippen MR) is 322 cm³/mol. The third kappa shape index (κ3) is 76.5. The van der Waals surface area contributed by atoms with Crippen LogP contribution < -0.4 is 57.0 Å². The number of amides is 3. The summed E-state index contributed by atoms with van der Waals surface area (Å²) in [6, 6.07) is -3.73. The number of nitrogens with one attached hydrogen (secondary N) is 3. The molecule has 488 valence electrons. The molecule has 0 saturated carbocycles. The van der Waals surface area contributed by atoms with Crippen molar-refractivity contribution in [1.29, 1.82) is 0 Å². The zero-order chi connectivity index (χ0) is 67.2. The summed E-state index contributed by atoms with van der Waals surface area (Å²) in [7, 11) is 0. The summed E-state index contributed by atoms with van der Waals surface area (Å²) in [6.45, 7) is 15.6. The van der Waals surface area contributed by atoms with Crippen molar-refractivity contribution in [3.8, 4) is 0 Å². The van der Waals surface area contributed by atoms with E-state index < -0.39 is 83.1 Å². The van der Waals surface area contributed by atoms with Crippen LogP contribution in [0.4, 0.5) is 14.4 Å². The number of carboxylic acids is 4. The largest absolute Gasteiger partial charge is 1.00 e. The van der Waals surface area contributed by atoms with Crippen molar-refractivity contribution < 1.29 is 117 Å². The molecule has 0 rings (SSSR count). The third-order valence-electron chi connectivity index (χ3n) is 9.47. The van der Waals surface area contributed by atoms with Crippen molar-refractivity contribution in [2.45, 2.75) is 219 Å². The Morgan fingerprint density at radius 3 is 0.977 bits per heavy atom. The van der Waals surface area contributed by atoms with E-state index in [9.17, 15) is 52.7 Å². The molecule has 0 aromatic carbocycles. The maximum atomic E-state index is 11.6. The van der Waals surface area contributed by atoms with Crippen LogP contribution in [0.5, 0.6) is 0 Å². The number of ether oxygens (including phenoxy) is 3. The molecule has 0 aliphatic carbocycles. The first kappa shape index (κ1) is 94.2.